The molecule has 17 nitrogen and oxygen atoms in total. The van der Waals surface area contributed by atoms with Crippen LogP contribution in [0, 0.1) is 30.6 Å². The topological polar surface area (TPSA) is 213 Å². The number of rotatable bonds is 11. The molecule has 0 amide bonds. The highest BCUT2D eigenvalue weighted by Crippen LogP contribution is 2.48. The van der Waals surface area contributed by atoms with E-state index >= 15 is 0 Å². The lowest BCUT2D eigenvalue weighted by molar-refractivity contribution is -0.340. The second-order valence-corrected chi connectivity index (χ2v) is 19.7. The zero-order valence-corrected chi connectivity index (χ0v) is 41.4. The van der Waals surface area contributed by atoms with Crippen LogP contribution in [0.15, 0.2) is 83.6 Å². The molecule has 12 atom stereocenters. The largest absolute Gasteiger partial charge is 0.462 e. The van der Waals surface area contributed by atoms with Gasteiger partial charge in [0.25, 0.3) is 0 Å². The van der Waals surface area contributed by atoms with Gasteiger partial charge >= 0.3 is 23.9 Å². The molecule has 17 heteroatoms. The first-order valence-electron chi connectivity index (χ1n) is 24.7. The molecule has 70 heavy (non-hydrogen) atoms. The molecule has 5 aliphatic rings. The fourth-order valence-electron chi connectivity index (χ4n) is 10.5. The molecule has 3 saturated heterocycles. The zero-order chi connectivity index (χ0) is 49.9. The Morgan fingerprint density at radius 1 is 1.04 bits per heavy atom. The molecule has 376 valence electrons. The first kappa shape index (κ1) is 50.8. The van der Waals surface area contributed by atoms with Gasteiger partial charge in [-0.05, 0) is 69.1 Å². The molecule has 2 bridgehead atoms. The average Bonchev–Trinajstić information content (AvgIpc) is 3.93. The number of carbonyl (C=O) groups is 3. The van der Waals surface area contributed by atoms with E-state index < -0.39 is 65.7 Å². The summed E-state index contributed by atoms with van der Waals surface area (Å²) >= 11 is 0. The number of esters is 3. The van der Waals surface area contributed by atoms with Gasteiger partial charge in [0, 0.05) is 30.7 Å². The second kappa shape index (κ2) is 21.4. The third-order valence-corrected chi connectivity index (χ3v) is 14.5. The van der Waals surface area contributed by atoms with Gasteiger partial charge in [0.1, 0.15) is 60.3 Å². The van der Waals surface area contributed by atoms with Crippen LogP contribution < -0.4 is 4.74 Å². The SMILES string of the molecule is CCOC(=O)c1c(C)nc(OCc2cn(CC(=O)O[C@@H]3/C(C)=C/C[C@@H]4C[C@@H](C[C@]5(CC[C@H](C)[C@@H]([C@@H](C)CC)O5)O4)OC(=O)[C@@H]4C=C(C)[C@@H](O)[C@H]5OC/C(=C\C=C\[C@@H]3C)[C@]54O)nn2)nc1-c1ccccc1. The number of hydrogen-bond donors (Lipinski definition) is 2. The lowest BCUT2D eigenvalue weighted by atomic mass is 9.71. The van der Waals surface area contributed by atoms with Crippen molar-refractivity contribution in [2.75, 3.05) is 13.2 Å². The van der Waals surface area contributed by atoms with Crippen LogP contribution in [0.5, 0.6) is 6.01 Å². The monoisotopic (exact) mass is 965 g/mol. The van der Waals surface area contributed by atoms with Crippen molar-refractivity contribution in [3.8, 4) is 17.3 Å². The van der Waals surface area contributed by atoms with Crippen molar-refractivity contribution in [3.63, 3.8) is 0 Å². The summed E-state index contributed by atoms with van der Waals surface area (Å²) in [5.74, 6) is -3.60. The minimum absolute atomic E-state index is 0.0151. The van der Waals surface area contributed by atoms with Crippen LogP contribution in [0.25, 0.3) is 11.3 Å². The molecule has 1 spiro atoms. The van der Waals surface area contributed by atoms with Crippen molar-refractivity contribution in [2.24, 2.45) is 23.7 Å². The number of fused-ring (bicyclic) bond motifs is 2. The molecule has 1 aromatic carbocycles. The number of allylic oxidation sites excluding steroid dienone is 2. The summed E-state index contributed by atoms with van der Waals surface area (Å²) in [6.07, 6.45) is 10.1. The normalized spacial score (nSPS) is 33.6. The van der Waals surface area contributed by atoms with E-state index in [-0.39, 0.29) is 55.9 Å². The van der Waals surface area contributed by atoms with E-state index in [1.54, 1.807) is 45.2 Å². The van der Waals surface area contributed by atoms with Crippen molar-refractivity contribution in [2.45, 2.75) is 155 Å². The lowest BCUT2D eigenvalue weighted by Gasteiger charge is -2.51. The first-order chi connectivity index (χ1) is 33.5. The molecule has 6 heterocycles. The van der Waals surface area contributed by atoms with Crippen LogP contribution in [0.2, 0.25) is 0 Å². The van der Waals surface area contributed by atoms with E-state index in [4.69, 9.17) is 33.2 Å². The number of aryl methyl sites for hydroxylation is 1. The van der Waals surface area contributed by atoms with Gasteiger partial charge in [0.2, 0.25) is 0 Å². The number of carbonyl (C=O) groups excluding carboxylic acids is 3. The molecule has 3 fully saturated rings. The maximum atomic E-state index is 14.4. The third kappa shape index (κ3) is 10.7. The molecule has 0 radical (unpaired) electrons. The maximum Gasteiger partial charge on any atom is 0.342 e. The Morgan fingerprint density at radius 3 is 2.59 bits per heavy atom. The summed E-state index contributed by atoms with van der Waals surface area (Å²) in [5, 5.41) is 32.1. The van der Waals surface area contributed by atoms with Crippen molar-refractivity contribution in [1.29, 1.82) is 0 Å². The summed E-state index contributed by atoms with van der Waals surface area (Å²) in [6.45, 7) is 15.4. The highest BCUT2D eigenvalue weighted by atomic mass is 16.7. The number of aromatic nitrogens is 5. The molecule has 0 saturated carbocycles. The van der Waals surface area contributed by atoms with E-state index in [1.807, 2.05) is 56.3 Å². The summed E-state index contributed by atoms with van der Waals surface area (Å²) < 4.78 is 45.1. The minimum atomic E-state index is -1.88. The molecule has 8 rings (SSSR count). The van der Waals surface area contributed by atoms with Gasteiger partial charge in [-0.15, -0.1) is 5.10 Å². The van der Waals surface area contributed by atoms with Crippen LogP contribution >= 0.6 is 0 Å². The fourth-order valence-corrected chi connectivity index (χ4v) is 10.5. The van der Waals surface area contributed by atoms with Crippen LogP contribution in [0.1, 0.15) is 109 Å². The number of aliphatic hydroxyl groups excluding tert-OH is 1. The average molecular weight is 966 g/mol. The predicted molar refractivity (Wildman–Crippen MR) is 255 cm³/mol. The predicted octanol–water partition coefficient (Wildman–Crippen LogP) is 6.89. The second-order valence-electron chi connectivity index (χ2n) is 19.7. The molecule has 0 unspecified atom stereocenters. The standard InChI is InChI=1S/C53H67N5O12/c1-9-30(3)47-33(6)21-22-52(70-47)25-40-24-39(69-52)20-19-32(5)46(31(4)15-14-18-37-28-65-48-45(60)34(7)23-41(49(61)67-40)53(37,48)63)68-42(59)27-58-26-38(56-57-58)29-66-51-54-35(8)43(50(62)64-10-2)44(55-51)36-16-12-11-13-17-36/h11-19,23,26,30-31,33,39-41,45-48,60,63H,9-10,20-22,24-25,27-29H2,1-8H3/b15-14+,32-19+,37-18+/t30-,31-,33-,39+,40-,41-,45+,46-,47+,48+,52+,53+/m0/s1. The summed E-state index contributed by atoms with van der Waals surface area (Å²) in [4.78, 5) is 50.1. The van der Waals surface area contributed by atoms with Gasteiger partial charge < -0.3 is 43.4 Å². The summed E-state index contributed by atoms with van der Waals surface area (Å²) in [7, 11) is 0. The van der Waals surface area contributed by atoms with E-state index in [0.29, 0.717) is 65.4 Å². The first-order valence-corrected chi connectivity index (χ1v) is 24.7. The van der Waals surface area contributed by atoms with Gasteiger partial charge in [-0.1, -0.05) is 100 Å². The quantitative estimate of drug-likeness (QED) is 0.114. The Hall–Kier alpha value is -5.59. The number of hydrogen-bond acceptors (Lipinski definition) is 16. The van der Waals surface area contributed by atoms with Crippen LogP contribution in [-0.4, -0.2) is 114 Å². The smallest absolute Gasteiger partial charge is 0.342 e. The molecular formula is C53H67N5O12. The number of benzene rings is 1. The van der Waals surface area contributed by atoms with Crippen molar-refractivity contribution in [1.82, 2.24) is 25.0 Å². The molecule has 3 aromatic rings. The number of aliphatic hydroxyl groups is 2. The number of nitrogens with zero attached hydrogens (tertiary/aromatic N) is 5. The van der Waals surface area contributed by atoms with E-state index in [0.717, 1.165) is 18.4 Å². The van der Waals surface area contributed by atoms with Crippen molar-refractivity contribution < 1.29 is 57.8 Å². The Labute approximate surface area is 409 Å². The molecule has 4 aliphatic heterocycles. The van der Waals surface area contributed by atoms with Gasteiger partial charge in [-0.3, -0.25) is 9.59 Å². The van der Waals surface area contributed by atoms with Gasteiger partial charge in [-0.2, -0.15) is 9.97 Å². The lowest BCUT2D eigenvalue weighted by Crippen LogP contribution is -2.58. The van der Waals surface area contributed by atoms with Gasteiger partial charge in [0.15, 0.2) is 5.79 Å². The molecule has 1 aliphatic carbocycles. The third-order valence-electron chi connectivity index (χ3n) is 14.5. The molecule has 2 N–H and O–H groups in total. The highest BCUT2D eigenvalue weighted by Gasteiger charge is 2.60. The van der Waals surface area contributed by atoms with Crippen molar-refractivity contribution >= 4 is 17.9 Å². The van der Waals surface area contributed by atoms with Gasteiger partial charge in [0.05, 0.1) is 43.0 Å². The molecular weight excluding hydrogens is 899 g/mol. The van der Waals surface area contributed by atoms with Crippen LogP contribution in [0.3, 0.4) is 0 Å². The highest BCUT2D eigenvalue weighted by molar-refractivity contribution is 5.97. The molecule has 2 aromatic heterocycles. The Bertz CT molecular complexity index is 2520. The Balaban J connectivity index is 1.03. The van der Waals surface area contributed by atoms with E-state index in [1.165, 1.54) is 4.68 Å². The van der Waals surface area contributed by atoms with Crippen LogP contribution in [0.4, 0.5) is 0 Å². The summed E-state index contributed by atoms with van der Waals surface area (Å²) in [5.41, 5.74) is 1.93. The maximum absolute atomic E-state index is 14.4. The van der Waals surface area contributed by atoms with Gasteiger partial charge in [-0.25, -0.2) is 9.48 Å². The van der Waals surface area contributed by atoms with Crippen molar-refractivity contribution in [3.05, 3.63) is 101 Å². The Kier molecular flexibility index (Phi) is 15.5. The van der Waals surface area contributed by atoms with Crippen LogP contribution in [-0.2, 0) is 51.2 Å². The van der Waals surface area contributed by atoms with E-state index in [9.17, 15) is 24.6 Å². The summed E-state index contributed by atoms with van der Waals surface area (Å²) in [6, 6.07) is 9.25. The Morgan fingerprint density at radius 2 is 1.83 bits per heavy atom. The minimum Gasteiger partial charge on any atom is -0.462 e. The fraction of sp³-hybridized carbons (Fsp3) is 0.566. The van der Waals surface area contributed by atoms with E-state index in [2.05, 4.69) is 41.1 Å². The zero-order valence-electron chi connectivity index (χ0n) is 41.4. The number of ether oxygens (including phenoxy) is 7.